The number of carbonyl (C=O) groups excluding carboxylic acids is 1. The highest BCUT2D eigenvalue weighted by Crippen LogP contribution is 2.41. The monoisotopic (exact) mass is 431 g/mol. The summed E-state index contributed by atoms with van der Waals surface area (Å²) in [6.07, 6.45) is -0.239. The second kappa shape index (κ2) is 8.27. The average Bonchev–Trinajstić information content (AvgIpc) is 3.22. The Morgan fingerprint density at radius 1 is 1.17 bits per heavy atom. The number of carbonyl (C=O) groups is 1. The third-order valence-corrected chi connectivity index (χ3v) is 5.29. The summed E-state index contributed by atoms with van der Waals surface area (Å²) in [6, 6.07) is 14.0. The van der Waals surface area contributed by atoms with Crippen LogP contribution < -0.4 is 19.6 Å². The maximum absolute atomic E-state index is 13.3. The molecule has 0 radical (unpaired) electrons. The van der Waals surface area contributed by atoms with E-state index in [4.69, 9.17) is 0 Å². The molecule has 2 heterocycles. The van der Waals surface area contributed by atoms with Crippen molar-refractivity contribution in [2.24, 2.45) is 4.99 Å². The molecule has 30 heavy (non-hydrogen) atoms. The minimum atomic E-state index is -3.68. The molecular formula is C21H19F2N3O3S. The van der Waals surface area contributed by atoms with E-state index >= 15 is 0 Å². The minimum Gasteiger partial charge on any atom is -0.395 e. The molecule has 156 valence electrons. The van der Waals surface area contributed by atoms with Crippen LogP contribution in [-0.2, 0) is 6.42 Å². The van der Waals surface area contributed by atoms with E-state index in [2.05, 4.69) is 19.8 Å². The Labute approximate surface area is 175 Å². The standard InChI is InChI=1S/C21H19F2N3O3S/c1-14-13-26(16-9-10-17-18(12-16)29-21(22,23)28-17)20(30-14)25-19(27)24-11-5-8-15-6-3-2-4-7-15/h2-4,6-7,9-10,12-13H,5,8,11H2,1H3,(H,24,27). The highest BCUT2D eigenvalue weighted by Gasteiger charge is 2.43. The van der Waals surface area contributed by atoms with Crippen molar-refractivity contribution < 1.29 is 23.0 Å². The quantitative estimate of drug-likeness (QED) is 0.609. The molecule has 1 aliphatic rings. The molecule has 0 saturated carbocycles. The van der Waals surface area contributed by atoms with Crippen LogP contribution in [0.3, 0.4) is 0 Å². The molecule has 6 nitrogen and oxygen atoms in total. The number of thiazole rings is 1. The first-order chi connectivity index (χ1) is 14.4. The Bertz CT molecular complexity index is 1130. The molecule has 3 aromatic rings. The van der Waals surface area contributed by atoms with Crippen LogP contribution in [0.25, 0.3) is 5.69 Å². The minimum absolute atomic E-state index is 0.0362. The number of ether oxygens (including phenoxy) is 2. The summed E-state index contributed by atoms with van der Waals surface area (Å²) < 4.78 is 37.1. The van der Waals surface area contributed by atoms with Crippen LogP contribution in [0.5, 0.6) is 11.5 Å². The summed E-state index contributed by atoms with van der Waals surface area (Å²) in [7, 11) is 0. The molecule has 0 atom stereocenters. The lowest BCUT2D eigenvalue weighted by Crippen LogP contribution is -2.26. The maximum Gasteiger partial charge on any atom is 0.586 e. The van der Waals surface area contributed by atoms with Crippen LogP contribution in [0.4, 0.5) is 13.6 Å². The summed E-state index contributed by atoms with van der Waals surface area (Å²) in [5, 5.41) is 2.79. The van der Waals surface area contributed by atoms with Gasteiger partial charge in [0, 0.05) is 23.7 Å². The van der Waals surface area contributed by atoms with E-state index in [0.29, 0.717) is 17.0 Å². The first-order valence-electron chi connectivity index (χ1n) is 9.35. The van der Waals surface area contributed by atoms with Crippen molar-refractivity contribution >= 4 is 17.4 Å². The molecular weight excluding hydrogens is 412 g/mol. The van der Waals surface area contributed by atoms with E-state index in [9.17, 15) is 13.6 Å². The molecule has 0 spiro atoms. The number of halogens is 2. The number of rotatable bonds is 5. The SMILES string of the molecule is Cc1cn(-c2ccc3c(c2)OC(F)(F)O3)c(=NC(=O)NCCCc2ccccc2)s1. The molecule has 1 aliphatic heterocycles. The van der Waals surface area contributed by atoms with E-state index in [1.165, 1.54) is 29.0 Å². The van der Waals surface area contributed by atoms with Gasteiger partial charge in [-0.2, -0.15) is 4.99 Å². The highest BCUT2D eigenvalue weighted by atomic mass is 32.1. The van der Waals surface area contributed by atoms with Crippen molar-refractivity contribution in [2.75, 3.05) is 6.54 Å². The predicted molar refractivity (Wildman–Crippen MR) is 108 cm³/mol. The molecule has 0 bridgehead atoms. The largest absolute Gasteiger partial charge is 0.586 e. The zero-order valence-electron chi connectivity index (χ0n) is 16.1. The molecule has 1 N–H and O–H groups in total. The number of urea groups is 1. The van der Waals surface area contributed by atoms with Crippen molar-refractivity contribution in [3.05, 3.63) is 70.0 Å². The molecule has 1 aromatic heterocycles. The molecule has 9 heteroatoms. The normalized spacial score (nSPS) is 14.7. The van der Waals surface area contributed by atoms with Crippen LogP contribution >= 0.6 is 11.3 Å². The van der Waals surface area contributed by atoms with Gasteiger partial charge in [-0.3, -0.25) is 4.57 Å². The smallest absolute Gasteiger partial charge is 0.395 e. The predicted octanol–water partition coefficient (Wildman–Crippen LogP) is 4.41. The van der Waals surface area contributed by atoms with Gasteiger partial charge < -0.3 is 14.8 Å². The summed E-state index contributed by atoms with van der Waals surface area (Å²) in [4.78, 5) is 17.7. The van der Waals surface area contributed by atoms with E-state index < -0.39 is 12.3 Å². The van der Waals surface area contributed by atoms with Crippen LogP contribution in [0.1, 0.15) is 16.9 Å². The molecule has 0 fully saturated rings. The molecule has 0 aliphatic carbocycles. The first-order valence-corrected chi connectivity index (χ1v) is 10.2. The van der Waals surface area contributed by atoms with Crippen molar-refractivity contribution in [1.82, 2.24) is 9.88 Å². The summed E-state index contributed by atoms with van der Waals surface area (Å²) in [6.45, 7) is 2.37. The Kier molecular flexibility index (Phi) is 5.54. The number of benzene rings is 2. The second-order valence-corrected chi connectivity index (χ2v) is 7.94. The third kappa shape index (κ3) is 4.68. The van der Waals surface area contributed by atoms with Gasteiger partial charge in [0.1, 0.15) is 0 Å². The topological polar surface area (TPSA) is 64.8 Å². The third-order valence-electron chi connectivity index (χ3n) is 4.39. The van der Waals surface area contributed by atoms with E-state index in [1.807, 2.05) is 37.3 Å². The first kappa shape index (κ1) is 20.1. The van der Waals surface area contributed by atoms with E-state index in [-0.39, 0.29) is 11.5 Å². The number of hydrogen-bond donors (Lipinski definition) is 1. The van der Waals surface area contributed by atoms with Crippen LogP contribution in [-0.4, -0.2) is 23.4 Å². The summed E-state index contributed by atoms with van der Waals surface area (Å²) in [5.74, 6) is -0.101. The number of amides is 2. The van der Waals surface area contributed by atoms with Gasteiger partial charge in [-0.25, -0.2) is 4.79 Å². The second-order valence-electron chi connectivity index (χ2n) is 6.73. The number of nitrogens with one attached hydrogen (secondary N) is 1. The van der Waals surface area contributed by atoms with Gasteiger partial charge >= 0.3 is 12.3 Å². The fourth-order valence-corrected chi connectivity index (χ4v) is 3.90. The number of alkyl halides is 2. The van der Waals surface area contributed by atoms with Crippen LogP contribution in [0.2, 0.25) is 0 Å². The number of hydrogen-bond acceptors (Lipinski definition) is 4. The fraction of sp³-hybridized carbons (Fsp3) is 0.238. The zero-order valence-corrected chi connectivity index (χ0v) is 16.9. The van der Waals surface area contributed by atoms with Crippen molar-refractivity contribution in [2.45, 2.75) is 26.1 Å². The Balaban J connectivity index is 1.45. The van der Waals surface area contributed by atoms with Crippen molar-refractivity contribution in [3.63, 3.8) is 0 Å². The number of nitrogens with zero attached hydrogens (tertiary/aromatic N) is 2. The van der Waals surface area contributed by atoms with Crippen LogP contribution in [0.15, 0.2) is 59.7 Å². The molecule has 2 aromatic carbocycles. The average molecular weight is 431 g/mol. The van der Waals surface area contributed by atoms with Crippen molar-refractivity contribution in [1.29, 1.82) is 0 Å². The van der Waals surface area contributed by atoms with Gasteiger partial charge in [-0.15, -0.1) is 20.1 Å². The molecule has 0 saturated heterocycles. The lowest BCUT2D eigenvalue weighted by atomic mass is 10.1. The lowest BCUT2D eigenvalue weighted by molar-refractivity contribution is -0.286. The van der Waals surface area contributed by atoms with E-state index in [0.717, 1.165) is 17.7 Å². The van der Waals surface area contributed by atoms with Crippen LogP contribution in [0, 0.1) is 6.92 Å². The van der Waals surface area contributed by atoms with Gasteiger partial charge in [0.05, 0.1) is 5.69 Å². The number of fused-ring (bicyclic) bond motifs is 1. The van der Waals surface area contributed by atoms with E-state index in [1.54, 1.807) is 16.8 Å². The maximum atomic E-state index is 13.3. The summed E-state index contributed by atoms with van der Waals surface area (Å²) >= 11 is 1.32. The molecule has 4 rings (SSSR count). The van der Waals surface area contributed by atoms with Gasteiger partial charge in [0.15, 0.2) is 16.3 Å². The fourth-order valence-electron chi connectivity index (χ4n) is 3.06. The Morgan fingerprint density at radius 3 is 2.73 bits per heavy atom. The highest BCUT2D eigenvalue weighted by molar-refractivity contribution is 7.09. The Morgan fingerprint density at radius 2 is 1.93 bits per heavy atom. The van der Waals surface area contributed by atoms with Gasteiger partial charge in [0.2, 0.25) is 0 Å². The van der Waals surface area contributed by atoms with Gasteiger partial charge in [0.25, 0.3) is 0 Å². The number of aromatic nitrogens is 1. The lowest BCUT2D eigenvalue weighted by Gasteiger charge is -2.05. The number of aryl methyl sites for hydroxylation is 2. The Hall–Kier alpha value is -3.20. The van der Waals surface area contributed by atoms with Crippen molar-refractivity contribution in [3.8, 4) is 17.2 Å². The zero-order chi connectivity index (χ0) is 21.1. The molecule has 0 unspecified atom stereocenters. The van der Waals surface area contributed by atoms with Gasteiger partial charge in [-0.1, -0.05) is 30.3 Å². The summed E-state index contributed by atoms with van der Waals surface area (Å²) in [5.41, 5.74) is 1.75. The van der Waals surface area contributed by atoms with Gasteiger partial charge in [-0.05, 0) is 37.5 Å². The molecule has 2 amide bonds.